The Labute approximate surface area is 180 Å². The van der Waals surface area contributed by atoms with Gasteiger partial charge in [0.1, 0.15) is 28.8 Å². The molecule has 11 heteroatoms. The lowest BCUT2D eigenvalue weighted by Crippen LogP contribution is -2.18. The third kappa shape index (κ3) is 4.30. The van der Waals surface area contributed by atoms with Gasteiger partial charge in [-0.3, -0.25) is 25.0 Å². The highest BCUT2D eigenvalue weighted by atomic mass is 16.6. The Hall–Kier alpha value is -4.56. The number of nitro benzene ring substituents is 1. The molecule has 0 aliphatic heterocycles. The van der Waals surface area contributed by atoms with Crippen LogP contribution >= 0.6 is 0 Å². The number of furan rings is 1. The molecule has 3 aromatic rings. The van der Waals surface area contributed by atoms with Gasteiger partial charge in [-0.25, -0.2) is 0 Å². The van der Waals surface area contributed by atoms with Crippen molar-refractivity contribution in [3.8, 4) is 17.4 Å². The molecule has 0 radical (unpaired) electrons. The molecule has 0 saturated carbocycles. The van der Waals surface area contributed by atoms with E-state index in [1.54, 1.807) is 37.3 Å². The minimum Gasteiger partial charge on any atom is -0.457 e. The van der Waals surface area contributed by atoms with E-state index in [1.807, 2.05) is 0 Å². The normalized spacial score (nSPS) is 10.9. The number of aromatic nitrogens is 1. The maximum atomic E-state index is 12.2. The molecule has 0 unspecified atom stereocenters. The van der Waals surface area contributed by atoms with Crippen LogP contribution in [0, 0.1) is 38.5 Å². The van der Waals surface area contributed by atoms with Crippen molar-refractivity contribution in [2.75, 3.05) is 7.11 Å². The van der Waals surface area contributed by atoms with Crippen molar-refractivity contribution in [1.29, 1.82) is 5.26 Å². The summed E-state index contributed by atoms with van der Waals surface area (Å²) in [4.78, 5) is 36.1. The van der Waals surface area contributed by atoms with Gasteiger partial charge in [-0.05, 0) is 31.2 Å². The number of ether oxygens (including phenoxy) is 1. The molecule has 2 aromatic heterocycles. The van der Waals surface area contributed by atoms with Crippen LogP contribution in [0.3, 0.4) is 0 Å². The standard InChI is InChI=1S/C21H16N4O7/c1-12-3-4-13(9-18(12)24(27)28)19-8-6-14(32-19)5-7-17-20(25(29)30)16(11-31-2)15(10-22)21(26)23-17/h3-9H,11H2,1-2H3,(H,23,26)/b7-5+. The first-order valence-corrected chi connectivity index (χ1v) is 9.12. The molecule has 2 heterocycles. The van der Waals surface area contributed by atoms with Crippen LogP contribution < -0.4 is 5.56 Å². The number of nitrogens with zero attached hydrogens (tertiary/aromatic N) is 3. The van der Waals surface area contributed by atoms with Gasteiger partial charge in [0.2, 0.25) is 0 Å². The number of aryl methyl sites for hydroxylation is 1. The zero-order chi connectivity index (χ0) is 23.4. The summed E-state index contributed by atoms with van der Waals surface area (Å²) in [6, 6.07) is 9.50. The van der Waals surface area contributed by atoms with E-state index in [2.05, 4.69) is 4.98 Å². The van der Waals surface area contributed by atoms with Crippen LogP contribution in [0.5, 0.6) is 0 Å². The van der Waals surface area contributed by atoms with Gasteiger partial charge in [0, 0.05) is 24.3 Å². The van der Waals surface area contributed by atoms with E-state index in [-0.39, 0.29) is 29.3 Å². The molecule has 11 nitrogen and oxygen atoms in total. The summed E-state index contributed by atoms with van der Waals surface area (Å²) in [6.45, 7) is 1.34. The first-order chi connectivity index (χ1) is 15.3. The van der Waals surface area contributed by atoms with E-state index in [1.165, 1.54) is 25.3 Å². The molecular formula is C21H16N4O7. The van der Waals surface area contributed by atoms with Gasteiger partial charge < -0.3 is 14.1 Å². The minimum atomic E-state index is -0.781. The van der Waals surface area contributed by atoms with Crippen molar-refractivity contribution in [1.82, 2.24) is 4.98 Å². The van der Waals surface area contributed by atoms with Crippen molar-refractivity contribution in [2.45, 2.75) is 13.5 Å². The molecule has 1 N–H and O–H groups in total. The highest BCUT2D eigenvalue weighted by molar-refractivity contribution is 5.74. The van der Waals surface area contributed by atoms with Crippen LogP contribution in [0.25, 0.3) is 23.5 Å². The second-order valence-electron chi connectivity index (χ2n) is 6.67. The summed E-state index contributed by atoms with van der Waals surface area (Å²) in [6.07, 6.45) is 2.67. The summed E-state index contributed by atoms with van der Waals surface area (Å²) in [7, 11) is 1.29. The van der Waals surface area contributed by atoms with Crippen LogP contribution in [0.15, 0.2) is 39.5 Å². The molecule has 0 aliphatic carbocycles. The topological polar surface area (TPSA) is 165 Å². The maximum absolute atomic E-state index is 12.2. The van der Waals surface area contributed by atoms with Gasteiger partial charge in [0.25, 0.3) is 16.9 Å². The summed E-state index contributed by atoms with van der Waals surface area (Å²) in [5, 5.41) is 32.0. The molecule has 0 amide bonds. The average molecular weight is 436 g/mol. The molecule has 0 fully saturated rings. The summed E-state index contributed by atoms with van der Waals surface area (Å²) in [5.74, 6) is 0.645. The molecule has 0 atom stereocenters. The SMILES string of the molecule is COCc1c([N+](=O)[O-])c(/C=C/c2ccc(-c3ccc(C)c([N+](=O)[O-])c3)o2)[nH]c(=O)c1C#N. The number of hydrogen-bond donors (Lipinski definition) is 1. The van der Waals surface area contributed by atoms with Gasteiger partial charge >= 0.3 is 0 Å². The quantitative estimate of drug-likeness (QED) is 0.429. The first kappa shape index (κ1) is 22.1. The van der Waals surface area contributed by atoms with Gasteiger partial charge in [-0.1, -0.05) is 12.1 Å². The smallest absolute Gasteiger partial charge is 0.299 e. The van der Waals surface area contributed by atoms with Crippen molar-refractivity contribution in [3.63, 3.8) is 0 Å². The van der Waals surface area contributed by atoms with Crippen LogP contribution in [-0.2, 0) is 11.3 Å². The lowest BCUT2D eigenvalue weighted by atomic mass is 10.1. The summed E-state index contributed by atoms with van der Waals surface area (Å²) in [5.41, 5.74) is -0.941. The van der Waals surface area contributed by atoms with E-state index < -0.39 is 26.7 Å². The van der Waals surface area contributed by atoms with Crippen LogP contribution in [0.1, 0.15) is 28.1 Å². The van der Waals surface area contributed by atoms with Gasteiger partial charge in [-0.15, -0.1) is 0 Å². The number of pyridine rings is 1. The second kappa shape index (κ2) is 9.07. The molecule has 0 bridgehead atoms. The van der Waals surface area contributed by atoms with Crippen LogP contribution in [-0.4, -0.2) is 21.9 Å². The van der Waals surface area contributed by atoms with E-state index in [0.717, 1.165) is 0 Å². The Morgan fingerprint density at radius 1 is 1.19 bits per heavy atom. The van der Waals surface area contributed by atoms with Gasteiger partial charge in [0.05, 0.1) is 22.0 Å². The molecule has 3 rings (SSSR count). The number of rotatable bonds is 7. The zero-order valence-corrected chi connectivity index (χ0v) is 16.9. The molecule has 0 spiro atoms. The van der Waals surface area contributed by atoms with Crippen LogP contribution in [0.2, 0.25) is 0 Å². The Kier molecular flexibility index (Phi) is 6.27. The third-order valence-corrected chi connectivity index (χ3v) is 4.63. The number of nitrogens with one attached hydrogen (secondary N) is 1. The zero-order valence-electron chi connectivity index (χ0n) is 16.9. The predicted molar refractivity (Wildman–Crippen MR) is 114 cm³/mol. The minimum absolute atomic E-state index is 0.0487. The number of methoxy groups -OCH3 is 1. The number of aromatic amines is 1. The summed E-state index contributed by atoms with van der Waals surface area (Å²) >= 11 is 0. The molecular weight excluding hydrogens is 420 g/mol. The van der Waals surface area contributed by atoms with E-state index in [0.29, 0.717) is 16.9 Å². The Morgan fingerprint density at radius 3 is 2.56 bits per heavy atom. The molecule has 0 saturated heterocycles. The fraction of sp³-hybridized carbons (Fsp3) is 0.143. The second-order valence-corrected chi connectivity index (χ2v) is 6.67. The molecule has 32 heavy (non-hydrogen) atoms. The maximum Gasteiger partial charge on any atom is 0.299 e. The average Bonchev–Trinajstić information content (AvgIpc) is 3.21. The first-order valence-electron chi connectivity index (χ1n) is 9.12. The third-order valence-electron chi connectivity index (χ3n) is 4.63. The number of hydrogen-bond acceptors (Lipinski definition) is 8. The van der Waals surface area contributed by atoms with E-state index in [9.17, 15) is 30.3 Å². The Bertz CT molecular complexity index is 1350. The lowest BCUT2D eigenvalue weighted by Gasteiger charge is -2.06. The van der Waals surface area contributed by atoms with Crippen molar-refractivity contribution >= 4 is 23.5 Å². The molecule has 1 aromatic carbocycles. The number of H-pyrrole nitrogens is 1. The van der Waals surface area contributed by atoms with Crippen molar-refractivity contribution in [2.24, 2.45) is 0 Å². The van der Waals surface area contributed by atoms with Crippen LogP contribution in [0.4, 0.5) is 11.4 Å². The predicted octanol–water partition coefficient (Wildman–Crippen LogP) is 3.95. The number of nitro groups is 2. The number of benzene rings is 1. The summed E-state index contributed by atoms with van der Waals surface area (Å²) < 4.78 is 10.6. The fourth-order valence-corrected chi connectivity index (χ4v) is 3.12. The Balaban J connectivity index is 2.01. The van der Waals surface area contributed by atoms with E-state index >= 15 is 0 Å². The van der Waals surface area contributed by atoms with Gasteiger partial charge in [-0.2, -0.15) is 5.26 Å². The number of nitriles is 1. The van der Waals surface area contributed by atoms with Crippen molar-refractivity contribution < 1.29 is 19.0 Å². The van der Waals surface area contributed by atoms with Gasteiger partial charge in [0.15, 0.2) is 0 Å². The largest absolute Gasteiger partial charge is 0.457 e. The highest BCUT2D eigenvalue weighted by Crippen LogP contribution is 2.30. The monoisotopic (exact) mass is 436 g/mol. The molecule has 162 valence electrons. The fourth-order valence-electron chi connectivity index (χ4n) is 3.12. The lowest BCUT2D eigenvalue weighted by molar-refractivity contribution is -0.386. The Morgan fingerprint density at radius 2 is 1.94 bits per heavy atom. The highest BCUT2D eigenvalue weighted by Gasteiger charge is 2.25. The van der Waals surface area contributed by atoms with Crippen molar-refractivity contribution in [3.05, 3.63) is 89.1 Å². The van der Waals surface area contributed by atoms with E-state index in [4.69, 9.17) is 9.15 Å². The molecule has 0 aliphatic rings.